The van der Waals surface area contributed by atoms with Crippen molar-refractivity contribution in [2.24, 2.45) is 46.3 Å². The summed E-state index contributed by atoms with van der Waals surface area (Å²) in [6, 6.07) is 0. The van der Waals surface area contributed by atoms with E-state index in [9.17, 15) is 14.7 Å². The molecule has 0 radical (unpaired) electrons. The van der Waals surface area contributed by atoms with E-state index in [-0.39, 0.29) is 35.4 Å². The van der Waals surface area contributed by atoms with Gasteiger partial charge in [0, 0.05) is 19.4 Å². The van der Waals surface area contributed by atoms with Crippen LogP contribution in [0.4, 0.5) is 0 Å². The molecule has 4 nitrogen and oxygen atoms in total. The van der Waals surface area contributed by atoms with E-state index in [0.717, 1.165) is 32.1 Å². The third kappa shape index (κ3) is 2.97. The van der Waals surface area contributed by atoms with Gasteiger partial charge in [-0.15, -0.1) is 0 Å². The lowest BCUT2D eigenvalue weighted by Crippen LogP contribution is -2.57. The number of esters is 1. The monoisotopic (exact) mass is 390 g/mol. The maximum Gasteiger partial charge on any atom is 0.302 e. The van der Waals surface area contributed by atoms with Crippen LogP contribution in [-0.4, -0.2) is 29.6 Å². The quantitative estimate of drug-likeness (QED) is 0.726. The molecule has 0 aromatic rings. The summed E-state index contributed by atoms with van der Waals surface area (Å²) in [4.78, 5) is 23.8. The zero-order chi connectivity index (χ0) is 20.3. The highest BCUT2D eigenvalue weighted by molar-refractivity contribution is 5.79. The fourth-order valence-corrected chi connectivity index (χ4v) is 8.68. The maximum atomic E-state index is 12.3. The molecule has 4 heteroatoms. The van der Waals surface area contributed by atoms with Crippen molar-refractivity contribution in [3.63, 3.8) is 0 Å². The fourth-order valence-electron chi connectivity index (χ4n) is 8.68. The van der Waals surface area contributed by atoms with Gasteiger partial charge in [0.15, 0.2) is 0 Å². The second kappa shape index (κ2) is 7.11. The molecule has 1 N–H and O–H groups in total. The maximum absolute atomic E-state index is 12.3. The standard InChI is InChI=1S/C24H38O4/c1-14(26)19-5-6-20-18-11-16(13-25)22-12-17(28-15(2)27)7-9-24(22,4)21(18)8-10-23(19,20)3/h16-22,25H,5-13H2,1-4H3/t16?,17-,18-,19+,20-,21-,22?,23+,24+/m0/s1. The van der Waals surface area contributed by atoms with Gasteiger partial charge in [0.05, 0.1) is 0 Å². The highest BCUT2D eigenvalue weighted by Crippen LogP contribution is 2.68. The zero-order valence-electron chi connectivity index (χ0n) is 18.1. The smallest absolute Gasteiger partial charge is 0.302 e. The highest BCUT2D eigenvalue weighted by Gasteiger charge is 2.62. The average molecular weight is 391 g/mol. The summed E-state index contributed by atoms with van der Waals surface area (Å²) >= 11 is 0. The number of aliphatic hydroxyl groups is 1. The van der Waals surface area contributed by atoms with Crippen molar-refractivity contribution in [2.75, 3.05) is 6.61 Å². The first-order valence-corrected chi connectivity index (χ1v) is 11.5. The molecular weight excluding hydrogens is 352 g/mol. The van der Waals surface area contributed by atoms with Crippen LogP contribution in [0, 0.1) is 46.3 Å². The molecule has 28 heavy (non-hydrogen) atoms. The van der Waals surface area contributed by atoms with Crippen LogP contribution in [0.25, 0.3) is 0 Å². The molecule has 0 saturated heterocycles. The summed E-state index contributed by atoms with van der Waals surface area (Å²) in [6.45, 7) is 8.36. The first kappa shape index (κ1) is 20.4. The van der Waals surface area contributed by atoms with Crippen molar-refractivity contribution in [2.45, 2.75) is 85.2 Å². The van der Waals surface area contributed by atoms with Crippen LogP contribution < -0.4 is 0 Å². The van der Waals surface area contributed by atoms with Crippen LogP contribution in [0.15, 0.2) is 0 Å². The molecule has 4 aliphatic carbocycles. The SMILES string of the molecule is CC(=O)O[C@H]1CC[C@@]2(C)C(C1)C(CO)C[C@H]1[C@@H]3CC[C@H](C(C)=O)[C@@]3(C)CC[C@@H]12. The predicted molar refractivity (Wildman–Crippen MR) is 107 cm³/mol. The lowest BCUT2D eigenvalue weighted by molar-refractivity contribution is -0.173. The number of rotatable bonds is 3. The number of carbonyl (C=O) groups is 2. The van der Waals surface area contributed by atoms with E-state index < -0.39 is 0 Å². The Bertz CT molecular complexity index is 645. The minimum atomic E-state index is -0.183. The number of Topliss-reactive ketones (excluding diaryl/α,β-unsaturated/α-hetero) is 1. The summed E-state index contributed by atoms with van der Waals surface area (Å²) in [5.41, 5.74) is 0.383. The number of hydrogen-bond acceptors (Lipinski definition) is 4. The third-order valence-corrected chi connectivity index (χ3v) is 9.85. The van der Waals surface area contributed by atoms with Gasteiger partial charge >= 0.3 is 5.97 Å². The van der Waals surface area contributed by atoms with Crippen molar-refractivity contribution < 1.29 is 19.4 Å². The molecule has 9 atom stereocenters. The number of hydrogen-bond donors (Lipinski definition) is 1. The molecule has 4 rings (SSSR count). The number of carbonyl (C=O) groups excluding carboxylic acids is 2. The number of fused-ring (bicyclic) bond motifs is 5. The topological polar surface area (TPSA) is 63.6 Å². The average Bonchev–Trinajstić information content (AvgIpc) is 2.98. The van der Waals surface area contributed by atoms with Crippen molar-refractivity contribution in [3.05, 3.63) is 0 Å². The molecule has 0 aromatic carbocycles. The van der Waals surface area contributed by atoms with E-state index in [1.54, 1.807) is 6.92 Å². The molecule has 0 heterocycles. The summed E-state index contributed by atoms with van der Waals surface area (Å²) < 4.78 is 5.58. The van der Waals surface area contributed by atoms with E-state index in [1.807, 2.05) is 0 Å². The Hall–Kier alpha value is -0.900. The number of aliphatic hydroxyl groups excluding tert-OH is 1. The van der Waals surface area contributed by atoms with Crippen molar-refractivity contribution >= 4 is 11.8 Å². The Labute approximate surface area is 169 Å². The molecule has 0 aromatic heterocycles. The molecule has 0 amide bonds. The van der Waals surface area contributed by atoms with Crippen LogP contribution in [-0.2, 0) is 14.3 Å². The highest BCUT2D eigenvalue weighted by atomic mass is 16.5. The molecule has 2 unspecified atom stereocenters. The van der Waals surface area contributed by atoms with Gasteiger partial charge in [0.2, 0.25) is 0 Å². The molecule has 0 spiro atoms. The Morgan fingerprint density at radius 1 is 0.929 bits per heavy atom. The van der Waals surface area contributed by atoms with Crippen molar-refractivity contribution in [1.82, 2.24) is 0 Å². The van der Waals surface area contributed by atoms with Crippen molar-refractivity contribution in [1.29, 1.82) is 0 Å². The summed E-state index contributed by atoms with van der Waals surface area (Å²) in [6.07, 6.45) is 8.66. The van der Waals surface area contributed by atoms with E-state index in [1.165, 1.54) is 26.2 Å². The Balaban J connectivity index is 1.61. The summed E-state index contributed by atoms with van der Waals surface area (Å²) in [5, 5.41) is 10.3. The second-order valence-corrected chi connectivity index (χ2v) is 11.0. The lowest BCUT2D eigenvalue weighted by Gasteiger charge is -2.63. The van der Waals surface area contributed by atoms with Crippen LogP contribution in [0.5, 0.6) is 0 Å². The number of ether oxygens (including phenoxy) is 1. The van der Waals surface area contributed by atoms with Gasteiger partial charge in [0.1, 0.15) is 11.9 Å². The third-order valence-electron chi connectivity index (χ3n) is 9.85. The van der Waals surface area contributed by atoms with Crippen LogP contribution in [0.2, 0.25) is 0 Å². The van der Waals surface area contributed by atoms with Gasteiger partial charge in [0.25, 0.3) is 0 Å². The molecule has 4 aliphatic rings. The van der Waals surface area contributed by atoms with Gasteiger partial charge in [-0.25, -0.2) is 0 Å². The largest absolute Gasteiger partial charge is 0.463 e. The first-order chi connectivity index (χ1) is 13.2. The van der Waals surface area contributed by atoms with Gasteiger partial charge in [-0.05, 0) is 98.7 Å². The van der Waals surface area contributed by atoms with E-state index in [0.29, 0.717) is 35.4 Å². The number of ketones is 1. The fraction of sp³-hybridized carbons (Fsp3) is 0.917. The Morgan fingerprint density at radius 3 is 2.25 bits per heavy atom. The van der Waals surface area contributed by atoms with E-state index in [4.69, 9.17) is 4.74 Å². The molecule has 158 valence electrons. The summed E-state index contributed by atoms with van der Waals surface area (Å²) in [7, 11) is 0. The lowest BCUT2D eigenvalue weighted by atomic mass is 9.42. The normalized spacial score (nSPS) is 50.2. The Morgan fingerprint density at radius 2 is 1.61 bits per heavy atom. The van der Waals surface area contributed by atoms with E-state index >= 15 is 0 Å². The van der Waals surface area contributed by atoms with Gasteiger partial charge in [-0.2, -0.15) is 0 Å². The second-order valence-electron chi connectivity index (χ2n) is 11.0. The first-order valence-electron chi connectivity index (χ1n) is 11.5. The predicted octanol–water partition coefficient (Wildman–Crippen LogP) is 4.38. The van der Waals surface area contributed by atoms with Crippen LogP contribution in [0.3, 0.4) is 0 Å². The molecule has 4 fully saturated rings. The van der Waals surface area contributed by atoms with Gasteiger partial charge in [-0.3, -0.25) is 9.59 Å². The minimum absolute atomic E-state index is 0.0172. The molecule has 4 saturated carbocycles. The van der Waals surface area contributed by atoms with Crippen LogP contribution >= 0.6 is 0 Å². The van der Waals surface area contributed by atoms with Crippen LogP contribution in [0.1, 0.15) is 79.1 Å². The van der Waals surface area contributed by atoms with Gasteiger partial charge < -0.3 is 9.84 Å². The van der Waals surface area contributed by atoms with E-state index in [2.05, 4.69) is 13.8 Å². The summed E-state index contributed by atoms with van der Waals surface area (Å²) in [5.74, 6) is 3.10. The molecule has 0 aliphatic heterocycles. The van der Waals surface area contributed by atoms with Crippen molar-refractivity contribution in [3.8, 4) is 0 Å². The molecule has 0 bridgehead atoms. The zero-order valence-corrected chi connectivity index (χ0v) is 18.1. The Kier molecular flexibility index (Phi) is 5.17. The van der Waals surface area contributed by atoms with Gasteiger partial charge in [-0.1, -0.05) is 13.8 Å². The molecular formula is C24H38O4. The minimum Gasteiger partial charge on any atom is -0.463 e.